The lowest BCUT2D eigenvalue weighted by Gasteiger charge is -2.40. The molecular formula is C35H31FN2O5. The molecule has 1 fully saturated rings. The summed E-state index contributed by atoms with van der Waals surface area (Å²) in [7, 11) is 3.00. The average Bonchev–Trinajstić information content (AvgIpc) is 3.40. The summed E-state index contributed by atoms with van der Waals surface area (Å²) in [6.07, 6.45) is 1.86. The quantitative estimate of drug-likeness (QED) is 0.203. The maximum Gasteiger partial charge on any atom is 0.255 e. The number of carbonyl (C=O) groups is 2. The second kappa shape index (κ2) is 11.1. The highest BCUT2D eigenvalue weighted by Crippen LogP contribution is 2.42. The lowest BCUT2D eigenvalue weighted by molar-refractivity contribution is -0.0621. The predicted octanol–water partition coefficient (Wildman–Crippen LogP) is 6.83. The number of rotatable bonds is 8. The highest BCUT2D eigenvalue weighted by Gasteiger charge is 2.44. The Morgan fingerprint density at radius 3 is 2.42 bits per heavy atom. The van der Waals surface area contributed by atoms with Crippen molar-refractivity contribution >= 4 is 22.7 Å². The zero-order valence-electron chi connectivity index (χ0n) is 24.4. The lowest BCUT2D eigenvalue weighted by atomic mass is 9.76. The van der Waals surface area contributed by atoms with Crippen molar-refractivity contribution in [1.29, 1.82) is 0 Å². The molecule has 0 radical (unpaired) electrons. The Morgan fingerprint density at radius 1 is 1.02 bits per heavy atom. The summed E-state index contributed by atoms with van der Waals surface area (Å²) in [5, 5.41) is 2.70. The fourth-order valence-corrected chi connectivity index (χ4v) is 5.74. The van der Waals surface area contributed by atoms with Crippen LogP contribution in [0.3, 0.4) is 0 Å². The van der Waals surface area contributed by atoms with E-state index in [1.165, 1.54) is 14.2 Å². The first-order valence-corrected chi connectivity index (χ1v) is 14.0. The van der Waals surface area contributed by atoms with Gasteiger partial charge in [0.05, 0.1) is 47.9 Å². The molecule has 0 unspecified atom stereocenters. The molecule has 1 aliphatic heterocycles. The zero-order valence-corrected chi connectivity index (χ0v) is 24.4. The van der Waals surface area contributed by atoms with Crippen LogP contribution in [0.15, 0.2) is 77.3 Å². The van der Waals surface area contributed by atoms with E-state index in [2.05, 4.69) is 10.3 Å². The molecule has 0 saturated carbocycles. The predicted molar refractivity (Wildman–Crippen MR) is 162 cm³/mol. The molecule has 3 heterocycles. The second-order valence-corrected chi connectivity index (χ2v) is 11.0. The smallest absolute Gasteiger partial charge is 0.255 e. The summed E-state index contributed by atoms with van der Waals surface area (Å²) in [6, 6.07) is 19.8. The minimum Gasteiger partial charge on any atom is -0.496 e. The van der Waals surface area contributed by atoms with Crippen LogP contribution in [-0.4, -0.2) is 44.0 Å². The summed E-state index contributed by atoms with van der Waals surface area (Å²) < 4.78 is 33.8. The van der Waals surface area contributed by atoms with Crippen molar-refractivity contribution < 1.29 is 27.9 Å². The molecule has 7 nitrogen and oxygen atoms in total. The van der Waals surface area contributed by atoms with Gasteiger partial charge >= 0.3 is 0 Å². The molecule has 3 aromatic carbocycles. The number of amides is 1. The number of carbonyl (C=O) groups excluding carboxylic acids is 2. The van der Waals surface area contributed by atoms with E-state index in [1.807, 2.05) is 56.3 Å². The van der Waals surface area contributed by atoms with Gasteiger partial charge in [-0.05, 0) is 61.4 Å². The van der Waals surface area contributed by atoms with E-state index in [1.54, 1.807) is 30.5 Å². The van der Waals surface area contributed by atoms with E-state index in [9.17, 15) is 9.59 Å². The number of hydrogen-bond donors (Lipinski definition) is 1. The van der Waals surface area contributed by atoms with Gasteiger partial charge in [0.25, 0.3) is 5.91 Å². The SMILES string of the molecule is CNC(=O)c1c(-c2ccc(C)cc2)oc2ccc(-c3cc(C(=O)CC4(c5ccccn5)COC4)c(OC)cc3C)c(F)c12. The molecule has 218 valence electrons. The van der Waals surface area contributed by atoms with Gasteiger partial charge in [0, 0.05) is 30.8 Å². The first-order valence-electron chi connectivity index (χ1n) is 14.0. The van der Waals surface area contributed by atoms with Gasteiger partial charge in [-0.25, -0.2) is 4.39 Å². The van der Waals surface area contributed by atoms with Crippen LogP contribution in [0.2, 0.25) is 0 Å². The zero-order chi connectivity index (χ0) is 30.3. The van der Waals surface area contributed by atoms with Crippen LogP contribution in [0.1, 0.15) is 44.0 Å². The molecule has 1 saturated heterocycles. The Bertz CT molecular complexity index is 1860. The number of pyridine rings is 1. The number of nitrogens with zero attached hydrogens (tertiary/aromatic N) is 1. The fourth-order valence-electron chi connectivity index (χ4n) is 5.74. The molecule has 0 bridgehead atoms. The minimum absolute atomic E-state index is 0.0799. The molecule has 8 heteroatoms. The number of benzene rings is 3. The standard InChI is InChI=1S/C35H31FN2O5/c1-20-8-10-22(11-9-20)33-31(34(40)37-3)30-27(43-33)13-12-23(32(30)36)24-16-25(28(41-4)15-21(24)2)26(39)17-35(18-42-19-35)29-7-5-6-14-38-29/h5-16H,17-19H2,1-4H3,(H,37,40). The number of Topliss-reactive ketones (excluding diaryl/α,β-unsaturated/α-hetero) is 1. The number of halogens is 1. The number of nitrogens with one attached hydrogen (secondary N) is 1. The van der Waals surface area contributed by atoms with Crippen molar-refractivity contribution in [3.63, 3.8) is 0 Å². The van der Waals surface area contributed by atoms with Crippen LogP contribution in [0.5, 0.6) is 5.75 Å². The van der Waals surface area contributed by atoms with E-state index in [-0.39, 0.29) is 40.1 Å². The van der Waals surface area contributed by atoms with Crippen molar-refractivity contribution in [1.82, 2.24) is 10.3 Å². The third-order valence-electron chi connectivity index (χ3n) is 8.16. The monoisotopic (exact) mass is 578 g/mol. The molecule has 0 aliphatic carbocycles. The van der Waals surface area contributed by atoms with Crippen LogP contribution in [0.25, 0.3) is 33.4 Å². The number of hydrogen-bond acceptors (Lipinski definition) is 6. The third-order valence-corrected chi connectivity index (χ3v) is 8.16. The van der Waals surface area contributed by atoms with Crippen LogP contribution >= 0.6 is 0 Å². The van der Waals surface area contributed by atoms with Gasteiger partial charge in [-0.3, -0.25) is 14.6 Å². The first kappa shape index (κ1) is 28.3. The van der Waals surface area contributed by atoms with Crippen molar-refractivity contribution in [3.05, 3.63) is 107 Å². The first-order chi connectivity index (χ1) is 20.8. The van der Waals surface area contributed by atoms with E-state index in [0.29, 0.717) is 41.2 Å². The summed E-state index contributed by atoms with van der Waals surface area (Å²) in [5.74, 6) is -0.544. The molecular weight excluding hydrogens is 547 g/mol. The Hall–Kier alpha value is -4.82. The Morgan fingerprint density at radius 2 is 1.79 bits per heavy atom. The van der Waals surface area contributed by atoms with Gasteiger partial charge in [0.1, 0.15) is 22.9 Å². The van der Waals surface area contributed by atoms with Crippen molar-refractivity contribution in [2.45, 2.75) is 25.7 Å². The van der Waals surface area contributed by atoms with Crippen LogP contribution in [0, 0.1) is 19.7 Å². The Kier molecular flexibility index (Phi) is 7.31. The number of aryl methyl sites for hydroxylation is 2. The van der Waals surface area contributed by atoms with Crippen LogP contribution in [0.4, 0.5) is 4.39 Å². The molecule has 1 N–H and O–H groups in total. The van der Waals surface area contributed by atoms with Gasteiger partial charge < -0.3 is 19.2 Å². The van der Waals surface area contributed by atoms with E-state index in [4.69, 9.17) is 13.9 Å². The third kappa shape index (κ3) is 4.87. The van der Waals surface area contributed by atoms with Crippen molar-refractivity contribution in [3.8, 4) is 28.2 Å². The number of furan rings is 1. The van der Waals surface area contributed by atoms with Gasteiger partial charge in [0.15, 0.2) is 5.78 Å². The number of aromatic nitrogens is 1. The molecule has 0 atom stereocenters. The molecule has 6 rings (SSSR count). The van der Waals surface area contributed by atoms with Gasteiger partial charge in [-0.1, -0.05) is 35.9 Å². The van der Waals surface area contributed by atoms with Gasteiger partial charge in [-0.2, -0.15) is 0 Å². The number of ketones is 1. The van der Waals surface area contributed by atoms with Crippen molar-refractivity contribution in [2.24, 2.45) is 0 Å². The highest BCUT2D eigenvalue weighted by molar-refractivity contribution is 6.12. The summed E-state index contributed by atoms with van der Waals surface area (Å²) in [6.45, 7) is 4.56. The largest absolute Gasteiger partial charge is 0.496 e. The Balaban J connectivity index is 1.47. The van der Waals surface area contributed by atoms with Crippen LogP contribution in [-0.2, 0) is 10.2 Å². The average molecular weight is 579 g/mol. The maximum absolute atomic E-state index is 16.6. The maximum atomic E-state index is 16.6. The topological polar surface area (TPSA) is 90.7 Å². The number of fused-ring (bicyclic) bond motifs is 1. The van der Waals surface area contributed by atoms with E-state index < -0.39 is 17.1 Å². The lowest BCUT2D eigenvalue weighted by Crippen LogP contribution is -2.48. The summed E-state index contributed by atoms with van der Waals surface area (Å²) in [4.78, 5) is 31.4. The normalized spacial score (nSPS) is 13.9. The summed E-state index contributed by atoms with van der Waals surface area (Å²) >= 11 is 0. The molecule has 2 aromatic heterocycles. The number of methoxy groups -OCH3 is 1. The molecule has 43 heavy (non-hydrogen) atoms. The highest BCUT2D eigenvalue weighted by atomic mass is 19.1. The van der Waals surface area contributed by atoms with Crippen molar-refractivity contribution in [2.75, 3.05) is 27.4 Å². The Labute approximate surface area is 248 Å². The molecule has 1 aliphatic rings. The second-order valence-electron chi connectivity index (χ2n) is 11.0. The summed E-state index contributed by atoms with van der Waals surface area (Å²) in [5.41, 5.74) is 4.14. The van der Waals surface area contributed by atoms with E-state index >= 15 is 4.39 Å². The van der Waals surface area contributed by atoms with Crippen LogP contribution < -0.4 is 10.1 Å². The molecule has 0 spiro atoms. The fraction of sp³-hybridized carbons (Fsp3) is 0.229. The van der Waals surface area contributed by atoms with Gasteiger partial charge in [0.2, 0.25) is 0 Å². The minimum atomic E-state index is -0.609. The molecule has 5 aromatic rings. The molecule has 1 amide bonds. The van der Waals surface area contributed by atoms with E-state index in [0.717, 1.165) is 11.3 Å². The number of ether oxygens (including phenoxy) is 2. The van der Waals surface area contributed by atoms with Gasteiger partial charge in [-0.15, -0.1) is 0 Å².